The molecule has 2 aromatic carbocycles. The Hall–Kier alpha value is -4.21. The number of aromatic nitrogens is 2. The lowest BCUT2D eigenvalue weighted by molar-refractivity contribution is -0.125. The van der Waals surface area contributed by atoms with Crippen LogP contribution >= 0.6 is 0 Å². The quantitative estimate of drug-likeness (QED) is 0.343. The van der Waals surface area contributed by atoms with Crippen LogP contribution in [0.4, 0.5) is 0 Å². The Morgan fingerprint density at radius 1 is 0.727 bits per heavy atom. The van der Waals surface area contributed by atoms with Gasteiger partial charge in [0.25, 0.3) is 0 Å². The maximum atomic E-state index is 11.4. The molecule has 0 aliphatic carbocycles. The van der Waals surface area contributed by atoms with Crippen LogP contribution in [0, 0.1) is 0 Å². The van der Waals surface area contributed by atoms with Gasteiger partial charge in [0.2, 0.25) is 23.6 Å². The van der Waals surface area contributed by atoms with Crippen molar-refractivity contribution in [3.63, 3.8) is 0 Å². The summed E-state index contributed by atoms with van der Waals surface area (Å²) in [5.74, 6) is -0.175. The van der Waals surface area contributed by atoms with E-state index in [0.717, 1.165) is 16.6 Å². The summed E-state index contributed by atoms with van der Waals surface area (Å²) < 4.78 is 0. The minimum atomic E-state index is -0.245. The standard InChI is InChI=1S/C12H14N4O2.C11H14N2O2/c1-8(17)13-7-12(18)14-6-11-15-9-4-2-3-5-10(9)16-11;1-9(14)12-8-11(15)13-7-10-5-3-2-4-6-10/h2-5H,6-7H2,1H3,(H,13,17)(H,14,18)(H,15,16);2-6H,7-8H2,1H3,(H,12,14)(H,13,15). The Bertz CT molecular complexity index is 1050. The second-order valence-corrected chi connectivity index (χ2v) is 7.06. The number of aromatic amines is 1. The molecule has 4 amide bonds. The molecule has 0 radical (unpaired) electrons. The van der Waals surface area contributed by atoms with Gasteiger partial charge in [-0.05, 0) is 17.7 Å². The Kier molecular flexibility index (Phi) is 10.1. The molecule has 0 bridgehead atoms. The molecule has 0 aliphatic heterocycles. The highest BCUT2D eigenvalue weighted by molar-refractivity contribution is 5.84. The summed E-state index contributed by atoms with van der Waals surface area (Å²) >= 11 is 0. The smallest absolute Gasteiger partial charge is 0.239 e. The van der Waals surface area contributed by atoms with Crippen molar-refractivity contribution in [2.24, 2.45) is 0 Å². The Morgan fingerprint density at radius 3 is 1.85 bits per heavy atom. The van der Waals surface area contributed by atoms with E-state index >= 15 is 0 Å². The highest BCUT2D eigenvalue weighted by atomic mass is 16.2. The minimum Gasteiger partial charge on any atom is -0.350 e. The van der Waals surface area contributed by atoms with E-state index in [0.29, 0.717) is 18.9 Å². The van der Waals surface area contributed by atoms with Crippen LogP contribution in [0.15, 0.2) is 54.6 Å². The molecule has 0 spiro atoms. The third-order valence-corrected chi connectivity index (χ3v) is 4.22. The first-order valence-electron chi connectivity index (χ1n) is 10.3. The molecule has 0 aliphatic rings. The zero-order valence-corrected chi connectivity index (χ0v) is 18.6. The lowest BCUT2D eigenvalue weighted by Crippen LogP contribution is -2.35. The van der Waals surface area contributed by atoms with Gasteiger partial charge >= 0.3 is 0 Å². The number of carbonyl (C=O) groups is 4. The van der Waals surface area contributed by atoms with Crippen LogP contribution in [0.1, 0.15) is 25.2 Å². The number of H-pyrrole nitrogens is 1. The lowest BCUT2D eigenvalue weighted by atomic mass is 10.2. The van der Waals surface area contributed by atoms with E-state index in [1.807, 2.05) is 54.6 Å². The van der Waals surface area contributed by atoms with E-state index < -0.39 is 0 Å². The number of imidazole rings is 1. The topological polar surface area (TPSA) is 145 Å². The maximum absolute atomic E-state index is 11.4. The maximum Gasteiger partial charge on any atom is 0.239 e. The Labute approximate surface area is 191 Å². The molecule has 0 saturated carbocycles. The van der Waals surface area contributed by atoms with E-state index in [-0.39, 0.29) is 36.7 Å². The number of hydrogen-bond donors (Lipinski definition) is 5. The molecule has 33 heavy (non-hydrogen) atoms. The zero-order chi connectivity index (χ0) is 24.1. The van der Waals surface area contributed by atoms with Gasteiger partial charge in [-0.2, -0.15) is 0 Å². The van der Waals surface area contributed by atoms with Gasteiger partial charge in [0.1, 0.15) is 5.82 Å². The molecule has 10 heteroatoms. The number of para-hydroxylation sites is 2. The van der Waals surface area contributed by atoms with Crippen molar-refractivity contribution >= 4 is 34.7 Å². The summed E-state index contributed by atoms with van der Waals surface area (Å²) in [5.41, 5.74) is 2.83. The van der Waals surface area contributed by atoms with Crippen LogP contribution in [0.5, 0.6) is 0 Å². The third-order valence-electron chi connectivity index (χ3n) is 4.22. The third kappa shape index (κ3) is 10.1. The van der Waals surface area contributed by atoms with Gasteiger partial charge in [0.15, 0.2) is 0 Å². The number of nitrogens with one attached hydrogen (secondary N) is 5. The summed E-state index contributed by atoms with van der Waals surface area (Å²) in [6.07, 6.45) is 0. The van der Waals surface area contributed by atoms with Gasteiger partial charge in [-0.15, -0.1) is 0 Å². The molecule has 1 heterocycles. The molecule has 3 rings (SSSR count). The Balaban J connectivity index is 0.000000238. The van der Waals surface area contributed by atoms with Gasteiger partial charge < -0.3 is 26.3 Å². The van der Waals surface area contributed by atoms with Gasteiger partial charge in [0, 0.05) is 20.4 Å². The predicted molar refractivity (Wildman–Crippen MR) is 124 cm³/mol. The summed E-state index contributed by atoms with van der Waals surface area (Å²) in [6.45, 7) is 3.56. The number of nitrogens with zero attached hydrogens (tertiary/aromatic N) is 1. The van der Waals surface area contributed by atoms with Crippen LogP contribution < -0.4 is 21.3 Å². The monoisotopic (exact) mass is 452 g/mol. The fraction of sp³-hybridized carbons (Fsp3) is 0.261. The van der Waals surface area contributed by atoms with Crippen LogP contribution in [0.2, 0.25) is 0 Å². The van der Waals surface area contributed by atoms with E-state index in [1.165, 1.54) is 13.8 Å². The number of fused-ring (bicyclic) bond motifs is 1. The van der Waals surface area contributed by atoms with Crippen molar-refractivity contribution in [1.82, 2.24) is 31.2 Å². The van der Waals surface area contributed by atoms with E-state index in [9.17, 15) is 19.2 Å². The summed E-state index contributed by atoms with van der Waals surface area (Å²) in [7, 11) is 0. The van der Waals surface area contributed by atoms with Crippen molar-refractivity contribution in [2.75, 3.05) is 13.1 Å². The molecule has 5 N–H and O–H groups in total. The second-order valence-electron chi connectivity index (χ2n) is 7.06. The summed E-state index contributed by atoms with van der Waals surface area (Å²) in [6, 6.07) is 17.2. The van der Waals surface area contributed by atoms with Crippen LogP contribution in [0.25, 0.3) is 11.0 Å². The first-order valence-corrected chi connectivity index (χ1v) is 10.3. The number of carbonyl (C=O) groups excluding carboxylic acids is 4. The average molecular weight is 453 g/mol. The molecule has 10 nitrogen and oxygen atoms in total. The molecule has 0 fully saturated rings. The average Bonchev–Trinajstić information content (AvgIpc) is 3.23. The summed E-state index contributed by atoms with van der Waals surface area (Å²) in [5, 5.41) is 10.2. The number of hydrogen-bond acceptors (Lipinski definition) is 5. The van der Waals surface area contributed by atoms with E-state index in [1.54, 1.807) is 0 Å². The van der Waals surface area contributed by atoms with Crippen molar-refractivity contribution in [3.8, 4) is 0 Å². The number of benzene rings is 2. The van der Waals surface area contributed by atoms with Crippen molar-refractivity contribution in [3.05, 3.63) is 66.0 Å². The largest absolute Gasteiger partial charge is 0.350 e. The molecule has 0 saturated heterocycles. The Morgan fingerprint density at radius 2 is 1.27 bits per heavy atom. The molecular weight excluding hydrogens is 424 g/mol. The molecule has 174 valence electrons. The summed E-state index contributed by atoms with van der Waals surface area (Å²) in [4.78, 5) is 51.1. The highest BCUT2D eigenvalue weighted by Crippen LogP contribution is 2.09. The zero-order valence-electron chi connectivity index (χ0n) is 18.6. The lowest BCUT2D eigenvalue weighted by Gasteiger charge is -2.05. The molecule has 0 unspecified atom stereocenters. The first-order chi connectivity index (χ1) is 15.8. The number of rotatable bonds is 8. The van der Waals surface area contributed by atoms with Gasteiger partial charge in [-0.3, -0.25) is 19.2 Å². The highest BCUT2D eigenvalue weighted by Gasteiger charge is 2.05. The van der Waals surface area contributed by atoms with E-state index in [2.05, 4.69) is 31.2 Å². The van der Waals surface area contributed by atoms with Gasteiger partial charge in [-0.25, -0.2) is 4.98 Å². The molecular formula is C23H28N6O4. The SMILES string of the molecule is CC(=O)NCC(=O)NCc1ccccc1.CC(=O)NCC(=O)NCc1nc2ccccc2[nH]1. The van der Waals surface area contributed by atoms with Gasteiger partial charge in [-0.1, -0.05) is 42.5 Å². The molecule has 0 atom stereocenters. The number of amides is 4. The van der Waals surface area contributed by atoms with Crippen LogP contribution in [-0.2, 0) is 32.3 Å². The van der Waals surface area contributed by atoms with Crippen molar-refractivity contribution < 1.29 is 19.2 Å². The molecule has 3 aromatic rings. The van der Waals surface area contributed by atoms with Crippen LogP contribution in [-0.4, -0.2) is 46.7 Å². The molecule has 1 aromatic heterocycles. The van der Waals surface area contributed by atoms with Crippen LogP contribution in [0.3, 0.4) is 0 Å². The van der Waals surface area contributed by atoms with E-state index in [4.69, 9.17) is 0 Å². The van der Waals surface area contributed by atoms with Crippen molar-refractivity contribution in [2.45, 2.75) is 26.9 Å². The normalized spacial score (nSPS) is 9.88. The first kappa shape index (κ1) is 25.1. The fourth-order valence-electron chi connectivity index (χ4n) is 2.60. The second kappa shape index (κ2) is 13.3. The fourth-order valence-corrected chi connectivity index (χ4v) is 2.60. The van der Waals surface area contributed by atoms with Gasteiger partial charge in [0.05, 0.1) is 30.7 Å². The minimum absolute atomic E-state index is 0.0183. The van der Waals surface area contributed by atoms with Crippen molar-refractivity contribution in [1.29, 1.82) is 0 Å². The predicted octanol–water partition coefficient (Wildman–Crippen LogP) is 0.754.